The van der Waals surface area contributed by atoms with Gasteiger partial charge in [-0.3, -0.25) is 14.9 Å². The monoisotopic (exact) mass is 508 g/mol. The average molecular weight is 509 g/mol. The van der Waals surface area contributed by atoms with Gasteiger partial charge in [0, 0.05) is 25.6 Å². The molecule has 0 spiro atoms. The Labute approximate surface area is 204 Å². The highest BCUT2D eigenvalue weighted by Crippen LogP contribution is 2.40. The first-order valence-corrected chi connectivity index (χ1v) is 11.9. The molecule has 2 aliphatic heterocycles. The second-order valence-electron chi connectivity index (χ2n) is 7.97. The van der Waals surface area contributed by atoms with E-state index in [0.717, 1.165) is 0 Å². The van der Waals surface area contributed by atoms with Gasteiger partial charge in [0.1, 0.15) is 11.5 Å². The van der Waals surface area contributed by atoms with Crippen molar-refractivity contribution in [2.45, 2.75) is 28.9 Å². The Kier molecular flexibility index (Phi) is 7.94. The summed E-state index contributed by atoms with van der Waals surface area (Å²) >= 11 is 0. The van der Waals surface area contributed by atoms with Crippen molar-refractivity contribution in [2.24, 2.45) is 0 Å². The lowest BCUT2D eigenvalue weighted by Crippen LogP contribution is -2.51. The molecule has 2 N–H and O–H groups in total. The van der Waals surface area contributed by atoms with Crippen LogP contribution in [0.4, 0.5) is 0 Å². The zero-order valence-electron chi connectivity index (χ0n) is 18.2. The van der Waals surface area contributed by atoms with Crippen LogP contribution in [0.5, 0.6) is 23.0 Å². The second kappa shape index (κ2) is 10.5. The molecule has 9 nitrogen and oxygen atoms in total. The first-order chi connectivity index (χ1) is 15.9. The van der Waals surface area contributed by atoms with Gasteiger partial charge in [0.2, 0.25) is 12.7 Å². The van der Waals surface area contributed by atoms with Crippen LogP contribution in [-0.2, 0) is 14.6 Å². The molecule has 0 saturated carbocycles. The first kappa shape index (κ1) is 25.6. The smallest absolute Gasteiger partial charge is 0.244 e. The van der Waals surface area contributed by atoms with Gasteiger partial charge in [0.15, 0.2) is 21.3 Å². The molecule has 1 saturated heterocycles. The summed E-state index contributed by atoms with van der Waals surface area (Å²) in [6.45, 7) is 1.44. The Morgan fingerprint density at radius 3 is 2.41 bits per heavy atom. The molecule has 2 aromatic rings. The topological polar surface area (TPSA) is 114 Å². The minimum atomic E-state index is -3.91. The van der Waals surface area contributed by atoms with Crippen molar-refractivity contribution in [3.05, 3.63) is 42.5 Å². The van der Waals surface area contributed by atoms with E-state index >= 15 is 0 Å². The zero-order chi connectivity index (χ0) is 23.5. The lowest BCUT2D eigenvalue weighted by molar-refractivity contribution is -0.130. The van der Waals surface area contributed by atoms with Crippen molar-refractivity contribution in [3.63, 3.8) is 0 Å². The summed E-state index contributed by atoms with van der Waals surface area (Å²) in [6, 6.07) is 11.2. The standard InChI is InChI=1S/C23H24N2O7S.ClH/c1-2-11-25-12-9-23(10-13-25,15-22(26)24-27)33(28,29)19-6-3-17(4-7-19)32-18-5-8-20-21(14-18)31-16-30-20;/h1,3-8,14,27H,9-13,15-16H2,(H,24,26);1H. The molecule has 0 unspecified atom stereocenters. The number of carbonyl (C=O) groups excluding carboxylic acids is 1. The normalized spacial score (nSPS) is 16.7. The number of amides is 1. The molecule has 1 amide bonds. The van der Waals surface area contributed by atoms with E-state index < -0.39 is 20.5 Å². The van der Waals surface area contributed by atoms with Crippen LogP contribution in [0.25, 0.3) is 0 Å². The van der Waals surface area contributed by atoms with E-state index in [2.05, 4.69) is 5.92 Å². The zero-order valence-corrected chi connectivity index (χ0v) is 19.9. The number of benzene rings is 2. The lowest BCUT2D eigenvalue weighted by Gasteiger charge is -2.40. The van der Waals surface area contributed by atoms with Gasteiger partial charge in [-0.25, -0.2) is 13.9 Å². The van der Waals surface area contributed by atoms with E-state index in [1.54, 1.807) is 35.8 Å². The maximum absolute atomic E-state index is 13.6. The molecule has 2 aromatic carbocycles. The molecule has 11 heteroatoms. The third-order valence-corrected chi connectivity index (χ3v) is 8.56. The van der Waals surface area contributed by atoms with E-state index in [9.17, 15) is 13.2 Å². The highest BCUT2D eigenvalue weighted by molar-refractivity contribution is 7.92. The summed E-state index contributed by atoms with van der Waals surface area (Å²) in [7, 11) is -3.91. The Morgan fingerprint density at radius 2 is 1.76 bits per heavy atom. The number of nitrogens with zero attached hydrogens (tertiary/aromatic N) is 1. The number of hydroxylamine groups is 1. The number of carbonyl (C=O) groups is 1. The van der Waals surface area contributed by atoms with Gasteiger partial charge in [0.25, 0.3) is 0 Å². The van der Waals surface area contributed by atoms with Crippen LogP contribution in [0.2, 0.25) is 0 Å². The summed E-state index contributed by atoms with van der Waals surface area (Å²) < 4.78 is 42.3. The molecule has 34 heavy (non-hydrogen) atoms. The Balaban J connectivity index is 0.00000324. The SMILES string of the molecule is C#CCN1CCC(CC(=O)NO)(S(=O)(=O)c2ccc(Oc3ccc4c(c3)OCO4)cc2)CC1.Cl. The van der Waals surface area contributed by atoms with Gasteiger partial charge in [-0.1, -0.05) is 5.92 Å². The predicted octanol–water partition coefficient (Wildman–Crippen LogP) is 2.77. The van der Waals surface area contributed by atoms with Gasteiger partial charge in [-0.2, -0.15) is 0 Å². The third kappa shape index (κ3) is 5.08. The Bertz CT molecular complexity index is 1170. The van der Waals surface area contributed by atoms with E-state index in [4.69, 9.17) is 25.8 Å². The van der Waals surface area contributed by atoms with Crippen molar-refractivity contribution < 1.29 is 32.6 Å². The van der Waals surface area contributed by atoms with E-state index in [-0.39, 0.29) is 43.4 Å². The van der Waals surface area contributed by atoms with Crippen molar-refractivity contribution in [3.8, 4) is 35.3 Å². The van der Waals surface area contributed by atoms with Crippen LogP contribution in [0, 0.1) is 12.3 Å². The molecule has 182 valence electrons. The summed E-state index contributed by atoms with van der Waals surface area (Å²) in [5, 5.41) is 9.02. The summed E-state index contributed by atoms with van der Waals surface area (Å²) in [5.41, 5.74) is 1.56. The fourth-order valence-electron chi connectivity index (χ4n) is 4.13. The van der Waals surface area contributed by atoms with Crippen molar-refractivity contribution in [1.82, 2.24) is 10.4 Å². The maximum atomic E-state index is 13.6. The number of ether oxygens (including phenoxy) is 3. The second-order valence-corrected chi connectivity index (χ2v) is 10.3. The average Bonchev–Trinajstić information content (AvgIpc) is 3.29. The number of nitrogens with one attached hydrogen (secondary N) is 1. The van der Waals surface area contributed by atoms with Crippen molar-refractivity contribution in [2.75, 3.05) is 26.4 Å². The summed E-state index contributed by atoms with van der Waals surface area (Å²) in [4.78, 5) is 14.0. The molecule has 0 radical (unpaired) electrons. The molecule has 2 aliphatic rings. The maximum Gasteiger partial charge on any atom is 0.244 e. The Hall–Kier alpha value is -2.97. The van der Waals surface area contributed by atoms with Crippen LogP contribution < -0.4 is 19.7 Å². The molecule has 0 aromatic heterocycles. The van der Waals surface area contributed by atoms with E-state index in [0.29, 0.717) is 42.6 Å². The van der Waals surface area contributed by atoms with Gasteiger partial charge in [-0.15, -0.1) is 18.8 Å². The molecular weight excluding hydrogens is 484 g/mol. The number of likely N-dealkylation sites (tertiary alicyclic amines) is 1. The first-order valence-electron chi connectivity index (χ1n) is 10.4. The molecule has 0 aliphatic carbocycles. The number of rotatable bonds is 7. The van der Waals surface area contributed by atoms with Gasteiger partial charge < -0.3 is 14.2 Å². The van der Waals surface area contributed by atoms with Gasteiger partial charge in [0.05, 0.1) is 16.2 Å². The van der Waals surface area contributed by atoms with E-state index in [1.807, 2.05) is 4.90 Å². The minimum Gasteiger partial charge on any atom is -0.457 e. The fourth-order valence-corrected chi connectivity index (χ4v) is 6.17. The molecule has 0 bridgehead atoms. The predicted molar refractivity (Wildman–Crippen MR) is 125 cm³/mol. The van der Waals surface area contributed by atoms with E-state index in [1.165, 1.54) is 12.1 Å². The number of fused-ring (bicyclic) bond motifs is 1. The highest BCUT2D eigenvalue weighted by Gasteiger charge is 2.48. The molecular formula is C23H25ClN2O7S. The van der Waals surface area contributed by atoms with Crippen LogP contribution in [-0.4, -0.2) is 55.6 Å². The number of hydrogen-bond acceptors (Lipinski definition) is 8. The molecule has 2 heterocycles. The minimum absolute atomic E-state index is 0. The largest absolute Gasteiger partial charge is 0.457 e. The van der Waals surface area contributed by atoms with Crippen LogP contribution in [0.1, 0.15) is 19.3 Å². The molecule has 4 rings (SSSR count). The molecule has 0 atom stereocenters. The Morgan fingerprint density at radius 1 is 1.12 bits per heavy atom. The quantitative estimate of drug-likeness (QED) is 0.333. The number of hydrogen-bond donors (Lipinski definition) is 2. The molecule has 1 fully saturated rings. The lowest BCUT2D eigenvalue weighted by atomic mass is 9.92. The number of terminal acetylenes is 1. The third-order valence-electron chi connectivity index (χ3n) is 5.97. The summed E-state index contributed by atoms with van der Waals surface area (Å²) in [5.74, 6) is 3.98. The fraction of sp³-hybridized carbons (Fsp3) is 0.348. The van der Waals surface area contributed by atoms with Gasteiger partial charge in [-0.05, 0) is 49.2 Å². The van der Waals surface area contributed by atoms with Crippen molar-refractivity contribution >= 4 is 28.2 Å². The van der Waals surface area contributed by atoms with Crippen molar-refractivity contribution in [1.29, 1.82) is 0 Å². The number of piperidine rings is 1. The number of sulfone groups is 1. The summed E-state index contributed by atoms with van der Waals surface area (Å²) in [6.07, 6.45) is 5.47. The van der Waals surface area contributed by atoms with Crippen LogP contribution >= 0.6 is 12.4 Å². The van der Waals surface area contributed by atoms with Crippen LogP contribution in [0.3, 0.4) is 0 Å². The highest BCUT2D eigenvalue weighted by atomic mass is 35.5. The van der Waals surface area contributed by atoms with Gasteiger partial charge >= 0.3 is 0 Å². The number of halogens is 1. The van der Waals surface area contributed by atoms with Crippen LogP contribution in [0.15, 0.2) is 47.4 Å².